The number of hydrogen-bond donors (Lipinski definition) is 2. The van der Waals surface area contributed by atoms with Gasteiger partial charge >= 0.3 is 0 Å². The summed E-state index contributed by atoms with van der Waals surface area (Å²) in [5.41, 5.74) is 0. The van der Waals surface area contributed by atoms with Gasteiger partial charge in [-0.25, -0.2) is 0 Å². The van der Waals surface area contributed by atoms with Gasteiger partial charge in [-0.1, -0.05) is 0 Å². The first-order chi connectivity index (χ1) is 3.63. The Labute approximate surface area is 62.3 Å². The standard InChI is InChI=1S/C5H13NS2/c1-6(2)4-3-5(7)8/h5,7-8H,3-4H2,1-2H3. The zero-order valence-corrected chi connectivity index (χ0v) is 7.12. The topological polar surface area (TPSA) is 3.24 Å². The Bertz CT molecular complexity index is 46.4. The van der Waals surface area contributed by atoms with Crippen molar-refractivity contribution in [2.75, 3.05) is 20.6 Å². The summed E-state index contributed by atoms with van der Waals surface area (Å²) in [4.78, 5) is 2.12. The van der Waals surface area contributed by atoms with Crippen molar-refractivity contribution in [3.05, 3.63) is 0 Å². The summed E-state index contributed by atoms with van der Waals surface area (Å²) in [6.45, 7) is 1.07. The molecule has 0 aromatic carbocycles. The highest BCUT2D eigenvalue weighted by molar-refractivity contribution is 7.99. The monoisotopic (exact) mass is 151 g/mol. The van der Waals surface area contributed by atoms with Gasteiger partial charge in [-0.2, -0.15) is 25.3 Å². The Morgan fingerprint density at radius 3 is 2.00 bits per heavy atom. The van der Waals surface area contributed by atoms with Crippen LogP contribution in [0.4, 0.5) is 0 Å². The molecule has 0 atom stereocenters. The Hall–Kier alpha value is 0.660. The van der Waals surface area contributed by atoms with E-state index in [0.29, 0.717) is 0 Å². The second kappa shape index (κ2) is 4.53. The quantitative estimate of drug-likeness (QED) is 0.452. The molecule has 0 unspecified atom stereocenters. The summed E-state index contributed by atoms with van der Waals surface area (Å²) < 4.78 is 0.234. The molecule has 0 amide bonds. The molecule has 50 valence electrons. The maximum Gasteiger partial charge on any atom is 0.0454 e. The first-order valence-corrected chi connectivity index (χ1v) is 3.67. The van der Waals surface area contributed by atoms with Crippen LogP contribution in [0.5, 0.6) is 0 Å². The van der Waals surface area contributed by atoms with E-state index in [2.05, 4.69) is 30.2 Å². The van der Waals surface area contributed by atoms with E-state index in [0.717, 1.165) is 13.0 Å². The van der Waals surface area contributed by atoms with E-state index in [-0.39, 0.29) is 4.58 Å². The minimum absolute atomic E-state index is 0.234. The Balaban J connectivity index is 2.93. The second-order valence-electron chi connectivity index (χ2n) is 2.07. The number of hydrogen-bond acceptors (Lipinski definition) is 3. The summed E-state index contributed by atoms with van der Waals surface area (Å²) >= 11 is 8.22. The van der Waals surface area contributed by atoms with Gasteiger partial charge < -0.3 is 4.90 Å². The third kappa shape index (κ3) is 6.66. The van der Waals surface area contributed by atoms with Crippen molar-refractivity contribution in [3.8, 4) is 0 Å². The van der Waals surface area contributed by atoms with Gasteiger partial charge in [-0.3, -0.25) is 0 Å². The predicted molar refractivity (Wildman–Crippen MR) is 44.9 cm³/mol. The molecule has 1 nitrogen and oxygen atoms in total. The molecule has 0 bridgehead atoms. The number of rotatable bonds is 3. The molecule has 0 aliphatic rings. The van der Waals surface area contributed by atoms with Gasteiger partial charge in [0.15, 0.2) is 0 Å². The van der Waals surface area contributed by atoms with Crippen molar-refractivity contribution < 1.29 is 0 Å². The van der Waals surface area contributed by atoms with Crippen LogP contribution in [0.15, 0.2) is 0 Å². The van der Waals surface area contributed by atoms with Crippen LogP contribution in [0.1, 0.15) is 6.42 Å². The highest BCUT2D eigenvalue weighted by atomic mass is 32.2. The molecule has 0 spiro atoms. The van der Waals surface area contributed by atoms with E-state index in [4.69, 9.17) is 0 Å². The van der Waals surface area contributed by atoms with E-state index in [1.54, 1.807) is 0 Å². The molecular weight excluding hydrogens is 138 g/mol. The minimum Gasteiger partial charge on any atom is -0.309 e. The van der Waals surface area contributed by atoms with Gasteiger partial charge in [0.05, 0.1) is 0 Å². The maximum atomic E-state index is 4.11. The lowest BCUT2D eigenvalue weighted by molar-refractivity contribution is 0.408. The molecule has 0 fully saturated rings. The van der Waals surface area contributed by atoms with E-state index >= 15 is 0 Å². The van der Waals surface area contributed by atoms with Gasteiger partial charge in [0.1, 0.15) is 0 Å². The van der Waals surface area contributed by atoms with E-state index < -0.39 is 0 Å². The molecule has 0 N–H and O–H groups in total. The summed E-state index contributed by atoms with van der Waals surface area (Å²) in [7, 11) is 4.09. The van der Waals surface area contributed by atoms with Crippen molar-refractivity contribution >= 4 is 25.3 Å². The van der Waals surface area contributed by atoms with Crippen molar-refractivity contribution in [2.45, 2.75) is 11.0 Å². The summed E-state index contributed by atoms with van der Waals surface area (Å²) in [5.74, 6) is 0. The summed E-state index contributed by atoms with van der Waals surface area (Å²) in [6, 6.07) is 0. The summed E-state index contributed by atoms with van der Waals surface area (Å²) in [6.07, 6.45) is 1.04. The summed E-state index contributed by atoms with van der Waals surface area (Å²) in [5, 5.41) is 0. The highest BCUT2D eigenvalue weighted by Gasteiger charge is 1.94. The average molecular weight is 151 g/mol. The molecule has 0 aliphatic carbocycles. The number of thiol groups is 2. The van der Waals surface area contributed by atoms with Gasteiger partial charge in [-0.15, -0.1) is 0 Å². The lowest BCUT2D eigenvalue weighted by Crippen LogP contribution is -2.14. The second-order valence-corrected chi connectivity index (χ2v) is 3.73. The van der Waals surface area contributed by atoms with Crippen molar-refractivity contribution in [1.82, 2.24) is 4.90 Å². The lowest BCUT2D eigenvalue weighted by Gasteiger charge is -2.09. The zero-order valence-electron chi connectivity index (χ0n) is 5.33. The minimum atomic E-state index is 0.234. The Morgan fingerprint density at radius 1 is 1.38 bits per heavy atom. The molecule has 0 aliphatic heterocycles. The SMILES string of the molecule is CN(C)CCC(S)S. The van der Waals surface area contributed by atoms with Crippen LogP contribution in [0.3, 0.4) is 0 Å². The lowest BCUT2D eigenvalue weighted by atomic mass is 10.4. The third-order valence-corrected chi connectivity index (χ3v) is 1.35. The van der Waals surface area contributed by atoms with Crippen LogP contribution in [0, 0.1) is 0 Å². The van der Waals surface area contributed by atoms with Gasteiger partial charge in [0.25, 0.3) is 0 Å². The zero-order chi connectivity index (χ0) is 6.57. The van der Waals surface area contributed by atoms with Crippen molar-refractivity contribution in [3.63, 3.8) is 0 Å². The molecule has 0 aromatic rings. The molecule has 0 aromatic heterocycles. The van der Waals surface area contributed by atoms with E-state index in [1.165, 1.54) is 0 Å². The van der Waals surface area contributed by atoms with Crippen LogP contribution in [-0.2, 0) is 0 Å². The van der Waals surface area contributed by atoms with E-state index in [1.807, 2.05) is 14.1 Å². The van der Waals surface area contributed by atoms with Crippen molar-refractivity contribution in [1.29, 1.82) is 0 Å². The largest absolute Gasteiger partial charge is 0.309 e. The normalized spacial score (nSPS) is 11.2. The van der Waals surface area contributed by atoms with E-state index in [9.17, 15) is 0 Å². The van der Waals surface area contributed by atoms with Gasteiger partial charge in [0.2, 0.25) is 0 Å². The van der Waals surface area contributed by atoms with Crippen LogP contribution in [0.25, 0.3) is 0 Å². The van der Waals surface area contributed by atoms with Gasteiger partial charge in [0, 0.05) is 4.58 Å². The molecule has 0 rings (SSSR count). The first-order valence-electron chi connectivity index (χ1n) is 2.64. The predicted octanol–water partition coefficient (Wildman–Crippen LogP) is 1.12. The molecule has 0 saturated heterocycles. The Morgan fingerprint density at radius 2 is 1.88 bits per heavy atom. The van der Waals surface area contributed by atoms with Crippen LogP contribution in [0.2, 0.25) is 0 Å². The fourth-order valence-electron chi connectivity index (χ4n) is 0.374. The Kier molecular flexibility index (Phi) is 4.90. The first kappa shape index (κ1) is 8.66. The van der Waals surface area contributed by atoms with Gasteiger partial charge in [-0.05, 0) is 27.1 Å². The fraction of sp³-hybridized carbons (Fsp3) is 1.00. The maximum absolute atomic E-state index is 4.11. The molecule has 0 radical (unpaired) electrons. The van der Waals surface area contributed by atoms with Crippen LogP contribution in [-0.4, -0.2) is 30.1 Å². The molecule has 0 saturated carbocycles. The van der Waals surface area contributed by atoms with Crippen LogP contribution < -0.4 is 0 Å². The van der Waals surface area contributed by atoms with Crippen LogP contribution >= 0.6 is 25.3 Å². The smallest absolute Gasteiger partial charge is 0.0454 e. The molecule has 3 heteroatoms. The highest BCUT2D eigenvalue weighted by Crippen LogP contribution is 2.04. The third-order valence-electron chi connectivity index (χ3n) is 0.835. The fourth-order valence-corrected chi connectivity index (χ4v) is 0.605. The molecule has 8 heavy (non-hydrogen) atoms. The average Bonchev–Trinajstić information content (AvgIpc) is 1.61. The van der Waals surface area contributed by atoms with Crippen molar-refractivity contribution in [2.24, 2.45) is 0 Å². The molecular formula is C5H13NS2. The number of nitrogens with zero attached hydrogens (tertiary/aromatic N) is 1. The molecule has 0 heterocycles.